The van der Waals surface area contributed by atoms with Crippen LogP contribution in [0.15, 0.2) is 24.3 Å². The molecule has 2 aromatic rings. The van der Waals surface area contributed by atoms with E-state index in [0.717, 1.165) is 11.1 Å². The van der Waals surface area contributed by atoms with Crippen LogP contribution in [-0.4, -0.2) is 24.5 Å². The van der Waals surface area contributed by atoms with Crippen LogP contribution in [0.4, 0.5) is 5.82 Å². The Hall–Kier alpha value is -1.82. The molecule has 0 spiro atoms. The number of nitrogens with two attached hydrogens (primary N) is 1. The molecule has 1 aromatic carbocycles. The van der Waals surface area contributed by atoms with E-state index < -0.39 is 9.84 Å². The largest absolute Gasteiger partial charge is 0.383 e. The van der Waals surface area contributed by atoms with E-state index in [0.29, 0.717) is 17.1 Å². The van der Waals surface area contributed by atoms with Gasteiger partial charge in [0.05, 0.1) is 11.4 Å². The van der Waals surface area contributed by atoms with Crippen molar-refractivity contribution in [2.75, 3.05) is 12.0 Å². The van der Waals surface area contributed by atoms with Crippen molar-refractivity contribution in [1.29, 1.82) is 0 Å². The first-order chi connectivity index (χ1) is 8.78. The molecule has 6 heteroatoms. The quantitative estimate of drug-likeness (QED) is 0.924. The van der Waals surface area contributed by atoms with Gasteiger partial charge >= 0.3 is 0 Å². The lowest BCUT2D eigenvalue weighted by atomic mass is 10.0. The minimum Gasteiger partial charge on any atom is -0.383 e. The summed E-state index contributed by atoms with van der Waals surface area (Å²) in [6.07, 6.45) is 1.19. The van der Waals surface area contributed by atoms with E-state index in [2.05, 4.69) is 5.10 Å². The number of rotatable bonds is 3. The van der Waals surface area contributed by atoms with Gasteiger partial charge in [-0.15, -0.1) is 0 Å². The van der Waals surface area contributed by atoms with Gasteiger partial charge in [0, 0.05) is 18.9 Å². The van der Waals surface area contributed by atoms with Crippen LogP contribution in [-0.2, 0) is 22.6 Å². The van der Waals surface area contributed by atoms with Crippen LogP contribution in [0.2, 0.25) is 0 Å². The number of nitrogens with zero attached hydrogens (tertiary/aromatic N) is 2. The zero-order chi connectivity index (χ0) is 14.2. The third-order valence-electron chi connectivity index (χ3n) is 2.87. The number of aromatic nitrogens is 2. The summed E-state index contributed by atoms with van der Waals surface area (Å²) in [5, 5.41) is 4.21. The fourth-order valence-corrected chi connectivity index (χ4v) is 2.76. The SMILES string of the molecule is Cc1cccc(-c2c(CS(C)(=O)=O)nn(C)c2N)c1. The second-order valence-corrected chi connectivity index (χ2v) is 6.91. The lowest BCUT2D eigenvalue weighted by Crippen LogP contribution is -2.03. The van der Waals surface area contributed by atoms with Crippen LogP contribution in [0.25, 0.3) is 11.1 Å². The highest BCUT2D eigenvalue weighted by Gasteiger charge is 2.19. The van der Waals surface area contributed by atoms with E-state index in [4.69, 9.17) is 5.73 Å². The summed E-state index contributed by atoms with van der Waals surface area (Å²) >= 11 is 0. The smallest absolute Gasteiger partial charge is 0.153 e. The second-order valence-electron chi connectivity index (χ2n) is 4.77. The van der Waals surface area contributed by atoms with Gasteiger partial charge in [-0.2, -0.15) is 5.10 Å². The van der Waals surface area contributed by atoms with Gasteiger partial charge in [0.25, 0.3) is 0 Å². The van der Waals surface area contributed by atoms with Gasteiger partial charge in [-0.3, -0.25) is 4.68 Å². The molecule has 0 amide bonds. The molecule has 0 bridgehead atoms. The van der Waals surface area contributed by atoms with Crippen LogP contribution in [0.1, 0.15) is 11.3 Å². The molecule has 1 aromatic heterocycles. The molecule has 0 aliphatic carbocycles. The number of aryl methyl sites for hydroxylation is 2. The maximum atomic E-state index is 11.5. The van der Waals surface area contributed by atoms with E-state index >= 15 is 0 Å². The summed E-state index contributed by atoms with van der Waals surface area (Å²) in [5.41, 5.74) is 9.19. The van der Waals surface area contributed by atoms with Gasteiger partial charge in [-0.25, -0.2) is 8.42 Å². The first-order valence-corrected chi connectivity index (χ1v) is 7.90. The maximum Gasteiger partial charge on any atom is 0.153 e. The van der Waals surface area contributed by atoms with Gasteiger partial charge in [0.15, 0.2) is 9.84 Å². The fourth-order valence-electron chi connectivity index (χ4n) is 2.06. The number of sulfone groups is 1. The molecular formula is C13H17N3O2S. The van der Waals surface area contributed by atoms with Gasteiger partial charge in [-0.05, 0) is 12.5 Å². The number of anilines is 1. The third kappa shape index (κ3) is 2.96. The van der Waals surface area contributed by atoms with Crippen molar-refractivity contribution in [1.82, 2.24) is 9.78 Å². The Balaban J connectivity index is 2.62. The standard InChI is InChI=1S/C13H17N3O2S/c1-9-5-4-6-10(7-9)12-11(8-19(3,17)18)15-16(2)13(12)14/h4-7H,8,14H2,1-3H3. The molecule has 102 valence electrons. The molecule has 0 aliphatic heterocycles. The number of nitrogen functional groups attached to an aromatic ring is 1. The Labute approximate surface area is 113 Å². The first-order valence-electron chi connectivity index (χ1n) is 5.84. The lowest BCUT2D eigenvalue weighted by Gasteiger charge is -2.04. The third-order valence-corrected chi connectivity index (χ3v) is 3.67. The van der Waals surface area contributed by atoms with Gasteiger partial charge in [-0.1, -0.05) is 29.8 Å². The summed E-state index contributed by atoms with van der Waals surface area (Å²) in [5.74, 6) is 0.366. The van der Waals surface area contributed by atoms with Crippen molar-refractivity contribution >= 4 is 15.7 Å². The molecule has 2 rings (SSSR count). The number of hydrogen-bond acceptors (Lipinski definition) is 4. The highest BCUT2D eigenvalue weighted by Crippen LogP contribution is 2.30. The Morgan fingerprint density at radius 2 is 2.05 bits per heavy atom. The molecule has 0 unspecified atom stereocenters. The average molecular weight is 279 g/mol. The molecule has 0 atom stereocenters. The van der Waals surface area contributed by atoms with Crippen molar-refractivity contribution in [3.63, 3.8) is 0 Å². The molecule has 0 radical (unpaired) electrons. The maximum absolute atomic E-state index is 11.5. The van der Waals surface area contributed by atoms with Crippen molar-refractivity contribution in [3.8, 4) is 11.1 Å². The molecule has 2 N–H and O–H groups in total. The fraction of sp³-hybridized carbons (Fsp3) is 0.308. The van der Waals surface area contributed by atoms with Crippen molar-refractivity contribution in [2.24, 2.45) is 7.05 Å². The summed E-state index contributed by atoms with van der Waals surface area (Å²) < 4.78 is 24.5. The topological polar surface area (TPSA) is 78.0 Å². The predicted octanol–water partition coefficient (Wildman–Crippen LogP) is 1.52. The summed E-state index contributed by atoms with van der Waals surface area (Å²) in [6, 6.07) is 7.78. The second kappa shape index (κ2) is 4.70. The van der Waals surface area contributed by atoms with E-state index in [1.54, 1.807) is 7.05 Å². The molecule has 1 heterocycles. The molecule has 5 nitrogen and oxygen atoms in total. The van der Waals surface area contributed by atoms with E-state index in [1.165, 1.54) is 10.9 Å². The van der Waals surface area contributed by atoms with Gasteiger partial charge < -0.3 is 5.73 Å². The summed E-state index contributed by atoms with van der Waals surface area (Å²) in [6.45, 7) is 1.98. The Kier molecular flexibility index (Phi) is 3.36. The van der Waals surface area contributed by atoms with Crippen LogP contribution >= 0.6 is 0 Å². The van der Waals surface area contributed by atoms with Crippen LogP contribution in [0, 0.1) is 6.92 Å². The van der Waals surface area contributed by atoms with E-state index in [1.807, 2.05) is 31.2 Å². The number of hydrogen-bond donors (Lipinski definition) is 1. The number of benzene rings is 1. The van der Waals surface area contributed by atoms with Crippen molar-refractivity contribution < 1.29 is 8.42 Å². The molecule has 0 fully saturated rings. The van der Waals surface area contributed by atoms with E-state index in [-0.39, 0.29) is 5.75 Å². The first kappa shape index (κ1) is 13.6. The van der Waals surface area contributed by atoms with Crippen molar-refractivity contribution in [2.45, 2.75) is 12.7 Å². The van der Waals surface area contributed by atoms with E-state index in [9.17, 15) is 8.42 Å². The normalized spacial score (nSPS) is 11.7. The average Bonchev–Trinajstić information content (AvgIpc) is 2.52. The highest BCUT2D eigenvalue weighted by atomic mass is 32.2. The monoisotopic (exact) mass is 279 g/mol. The van der Waals surface area contributed by atoms with Crippen molar-refractivity contribution in [3.05, 3.63) is 35.5 Å². The van der Waals surface area contributed by atoms with Crippen LogP contribution in [0.3, 0.4) is 0 Å². The van der Waals surface area contributed by atoms with Gasteiger partial charge in [0.2, 0.25) is 0 Å². The van der Waals surface area contributed by atoms with Gasteiger partial charge in [0.1, 0.15) is 5.82 Å². The predicted molar refractivity (Wildman–Crippen MR) is 76.3 cm³/mol. The Bertz CT molecular complexity index is 717. The molecule has 0 aliphatic rings. The molecule has 19 heavy (non-hydrogen) atoms. The molecule has 0 saturated carbocycles. The minimum atomic E-state index is -3.15. The Morgan fingerprint density at radius 1 is 1.37 bits per heavy atom. The molecular weight excluding hydrogens is 262 g/mol. The zero-order valence-electron chi connectivity index (χ0n) is 11.2. The van der Waals surface area contributed by atoms with Crippen LogP contribution < -0.4 is 5.73 Å². The molecule has 0 saturated heterocycles. The lowest BCUT2D eigenvalue weighted by molar-refractivity contribution is 0.600. The summed E-state index contributed by atoms with van der Waals surface area (Å²) in [7, 11) is -1.44. The Morgan fingerprint density at radius 3 is 2.63 bits per heavy atom. The summed E-state index contributed by atoms with van der Waals surface area (Å²) in [4.78, 5) is 0. The minimum absolute atomic E-state index is 0.110. The van der Waals surface area contributed by atoms with Crippen LogP contribution in [0.5, 0.6) is 0 Å². The zero-order valence-corrected chi connectivity index (χ0v) is 12.0. The highest BCUT2D eigenvalue weighted by molar-refractivity contribution is 7.89.